The highest BCUT2D eigenvalue weighted by Crippen LogP contribution is 2.56. The number of carbonyl (C=O) groups is 4. The standard InChI is InChI=1S/C24H26O6S4/c1-29-17-11-7-15(8-12-17)19(25)21(27)23(31-3,32-4)24(33-5,34-6)22(28)20(26)16-9-13-18(30-2)14-10-16/h7-14H,1-6H3. The Kier molecular flexibility index (Phi) is 10.2. The van der Waals surface area contributed by atoms with E-state index >= 15 is 0 Å². The van der Waals surface area contributed by atoms with Gasteiger partial charge in [0, 0.05) is 11.1 Å². The predicted molar refractivity (Wildman–Crippen MR) is 144 cm³/mol. The molecule has 10 heteroatoms. The summed E-state index contributed by atoms with van der Waals surface area (Å²) in [5.74, 6) is -1.87. The largest absolute Gasteiger partial charge is 0.497 e. The molecule has 0 atom stereocenters. The Morgan fingerprint density at radius 2 is 0.824 bits per heavy atom. The van der Waals surface area contributed by atoms with Crippen molar-refractivity contribution in [2.24, 2.45) is 0 Å². The molecule has 0 aliphatic rings. The molecular weight excluding hydrogens is 513 g/mol. The lowest BCUT2D eigenvalue weighted by Gasteiger charge is -2.43. The number of benzene rings is 2. The first-order valence-corrected chi connectivity index (χ1v) is 14.8. The topological polar surface area (TPSA) is 86.7 Å². The molecule has 0 saturated carbocycles. The number of carbonyl (C=O) groups excluding carboxylic acids is 4. The number of hydrogen-bond donors (Lipinski definition) is 0. The van der Waals surface area contributed by atoms with Gasteiger partial charge in [-0.05, 0) is 73.6 Å². The lowest BCUT2D eigenvalue weighted by molar-refractivity contribution is -0.120. The van der Waals surface area contributed by atoms with Crippen molar-refractivity contribution in [3.8, 4) is 11.5 Å². The summed E-state index contributed by atoms with van der Waals surface area (Å²) in [5, 5.41) is 0. The number of rotatable bonds is 13. The van der Waals surface area contributed by atoms with E-state index in [1.807, 2.05) is 0 Å². The minimum atomic E-state index is -1.55. The third-order valence-electron chi connectivity index (χ3n) is 5.30. The molecule has 6 nitrogen and oxygen atoms in total. The predicted octanol–water partition coefficient (Wildman–Crippen LogP) is 4.75. The van der Waals surface area contributed by atoms with Gasteiger partial charge in [-0.1, -0.05) is 0 Å². The van der Waals surface area contributed by atoms with Crippen LogP contribution in [0.15, 0.2) is 48.5 Å². The molecule has 0 N–H and O–H groups in total. The fraction of sp³-hybridized carbons (Fsp3) is 0.333. The summed E-state index contributed by atoms with van der Waals surface area (Å²) in [7, 11) is 3.01. The zero-order chi connectivity index (χ0) is 25.5. The molecule has 0 bridgehead atoms. The van der Waals surface area contributed by atoms with Crippen molar-refractivity contribution in [3.63, 3.8) is 0 Å². The molecule has 0 radical (unpaired) electrons. The van der Waals surface area contributed by atoms with Crippen LogP contribution in [-0.2, 0) is 9.59 Å². The molecule has 2 aromatic carbocycles. The molecule has 0 unspecified atom stereocenters. The SMILES string of the molecule is COc1ccc(C(=O)C(=O)C(SC)(SC)C(SC)(SC)C(=O)C(=O)c2ccc(OC)cc2)cc1. The van der Waals surface area contributed by atoms with Gasteiger partial charge < -0.3 is 9.47 Å². The van der Waals surface area contributed by atoms with Crippen molar-refractivity contribution < 1.29 is 28.7 Å². The zero-order valence-electron chi connectivity index (χ0n) is 19.7. The highest BCUT2D eigenvalue weighted by molar-refractivity contribution is 8.26. The van der Waals surface area contributed by atoms with Gasteiger partial charge in [0.25, 0.3) is 0 Å². The molecule has 0 fully saturated rings. The van der Waals surface area contributed by atoms with Crippen LogP contribution in [0.5, 0.6) is 11.5 Å². The number of thioether (sulfide) groups is 4. The van der Waals surface area contributed by atoms with Crippen molar-refractivity contribution >= 4 is 70.2 Å². The van der Waals surface area contributed by atoms with Gasteiger partial charge >= 0.3 is 0 Å². The first kappa shape index (κ1) is 28.4. The van der Waals surface area contributed by atoms with Gasteiger partial charge in [-0.15, -0.1) is 47.0 Å². The maximum absolute atomic E-state index is 13.8. The molecule has 0 amide bonds. The van der Waals surface area contributed by atoms with E-state index in [1.54, 1.807) is 49.3 Å². The summed E-state index contributed by atoms with van der Waals surface area (Å²) >= 11 is 4.37. The van der Waals surface area contributed by atoms with Crippen molar-refractivity contribution in [2.45, 2.75) is 8.16 Å². The van der Waals surface area contributed by atoms with Crippen LogP contribution in [0.3, 0.4) is 0 Å². The molecule has 0 aromatic heterocycles. The number of methoxy groups -OCH3 is 2. The average Bonchev–Trinajstić information content (AvgIpc) is 2.90. The summed E-state index contributed by atoms with van der Waals surface area (Å²) in [6.45, 7) is 0. The minimum absolute atomic E-state index is 0.184. The number of ketones is 4. The monoisotopic (exact) mass is 538 g/mol. The first-order chi connectivity index (χ1) is 16.2. The van der Waals surface area contributed by atoms with Crippen LogP contribution in [0.25, 0.3) is 0 Å². The maximum Gasteiger partial charge on any atom is 0.232 e. The van der Waals surface area contributed by atoms with E-state index in [2.05, 4.69) is 0 Å². The molecular formula is C24H26O6S4. The van der Waals surface area contributed by atoms with E-state index < -0.39 is 31.3 Å². The fourth-order valence-electron chi connectivity index (χ4n) is 3.42. The van der Waals surface area contributed by atoms with Crippen LogP contribution in [0.4, 0.5) is 0 Å². The summed E-state index contributed by atoms with van der Waals surface area (Å²) in [6.07, 6.45) is 6.67. The molecule has 0 saturated heterocycles. The van der Waals surface area contributed by atoms with Gasteiger partial charge in [0.1, 0.15) is 11.5 Å². The van der Waals surface area contributed by atoms with Crippen LogP contribution in [0, 0.1) is 0 Å². The third-order valence-corrected chi connectivity index (χ3v) is 12.1. The van der Waals surface area contributed by atoms with Crippen molar-refractivity contribution in [3.05, 3.63) is 59.7 Å². The second-order valence-corrected chi connectivity index (χ2v) is 11.4. The van der Waals surface area contributed by atoms with E-state index in [1.165, 1.54) is 38.5 Å². The minimum Gasteiger partial charge on any atom is -0.497 e. The van der Waals surface area contributed by atoms with Gasteiger partial charge in [0.15, 0.2) is 8.16 Å². The van der Waals surface area contributed by atoms with Crippen LogP contribution in [-0.4, -0.2) is 70.5 Å². The molecule has 0 aliphatic carbocycles. The van der Waals surface area contributed by atoms with Crippen molar-refractivity contribution in [1.29, 1.82) is 0 Å². The quantitative estimate of drug-likeness (QED) is 0.202. The Bertz CT molecular complexity index is 957. The van der Waals surface area contributed by atoms with Gasteiger partial charge in [-0.25, -0.2) is 0 Å². The third kappa shape index (κ3) is 5.05. The highest BCUT2D eigenvalue weighted by Gasteiger charge is 2.63. The van der Waals surface area contributed by atoms with Crippen LogP contribution in [0.2, 0.25) is 0 Å². The Morgan fingerprint density at radius 3 is 1.03 bits per heavy atom. The molecule has 34 heavy (non-hydrogen) atoms. The molecule has 0 spiro atoms. The van der Waals surface area contributed by atoms with Crippen LogP contribution in [0.1, 0.15) is 20.7 Å². The Labute approximate surface area is 216 Å². The smallest absolute Gasteiger partial charge is 0.232 e. The Morgan fingerprint density at radius 1 is 0.559 bits per heavy atom. The summed E-state index contributed by atoms with van der Waals surface area (Å²) in [4.78, 5) is 54.1. The summed E-state index contributed by atoms with van der Waals surface area (Å²) < 4.78 is 7.14. The Hall–Kier alpha value is -1.88. The lowest BCUT2D eigenvalue weighted by atomic mass is 9.97. The molecule has 0 heterocycles. The van der Waals surface area contributed by atoms with Crippen LogP contribution >= 0.6 is 47.0 Å². The Balaban J connectivity index is 2.56. The molecule has 2 aromatic rings. The van der Waals surface area contributed by atoms with E-state index in [0.717, 1.165) is 47.0 Å². The van der Waals surface area contributed by atoms with E-state index in [-0.39, 0.29) is 11.1 Å². The lowest BCUT2D eigenvalue weighted by Crippen LogP contribution is -2.58. The fourth-order valence-corrected chi connectivity index (χ4v) is 9.31. The van der Waals surface area contributed by atoms with Gasteiger partial charge in [0.2, 0.25) is 23.1 Å². The molecule has 0 aliphatic heterocycles. The van der Waals surface area contributed by atoms with Gasteiger partial charge in [0.05, 0.1) is 14.2 Å². The zero-order valence-corrected chi connectivity index (χ0v) is 23.0. The summed E-state index contributed by atoms with van der Waals surface area (Å²) in [5.41, 5.74) is 0.367. The number of ether oxygens (including phenoxy) is 2. The van der Waals surface area contributed by atoms with Crippen molar-refractivity contribution in [1.82, 2.24) is 0 Å². The molecule has 182 valence electrons. The van der Waals surface area contributed by atoms with Crippen molar-refractivity contribution in [2.75, 3.05) is 39.2 Å². The first-order valence-electron chi connectivity index (χ1n) is 9.88. The highest BCUT2D eigenvalue weighted by atomic mass is 32.2. The maximum atomic E-state index is 13.8. The summed E-state index contributed by atoms with van der Waals surface area (Å²) in [6, 6.07) is 12.4. The number of Topliss-reactive ketones (excluding diaryl/α,β-unsaturated/α-hetero) is 4. The normalized spacial score (nSPS) is 11.6. The van der Waals surface area contributed by atoms with Gasteiger partial charge in [-0.3, -0.25) is 19.2 Å². The second-order valence-electron chi connectivity index (χ2n) is 6.82. The van der Waals surface area contributed by atoms with E-state index in [0.29, 0.717) is 11.5 Å². The van der Waals surface area contributed by atoms with E-state index in [4.69, 9.17) is 9.47 Å². The van der Waals surface area contributed by atoms with E-state index in [9.17, 15) is 19.2 Å². The average molecular weight is 539 g/mol. The van der Waals surface area contributed by atoms with Crippen LogP contribution < -0.4 is 9.47 Å². The number of hydrogen-bond acceptors (Lipinski definition) is 10. The van der Waals surface area contributed by atoms with Gasteiger partial charge in [-0.2, -0.15) is 0 Å². The second kappa shape index (κ2) is 12.2. The molecule has 2 rings (SSSR count).